The molecule has 0 saturated heterocycles. The van der Waals surface area contributed by atoms with Crippen molar-refractivity contribution in [2.24, 2.45) is 0 Å². The van der Waals surface area contributed by atoms with Gasteiger partial charge in [-0.15, -0.1) is 0 Å². The van der Waals surface area contributed by atoms with Crippen molar-refractivity contribution in [1.29, 1.82) is 0 Å². The van der Waals surface area contributed by atoms with E-state index >= 15 is 0 Å². The standard InChI is InChI=1S/C25H24ClNO5S2/c1-3-15-33(29,30)24-21-20-8-6-5-7-17(20)13-14-27(21)22(25(24)34(31,32)16-4-2)23(28)18-9-11-19(26)12-10-18/h5-14H,3-4,15-16H2,1-2H3. The van der Waals surface area contributed by atoms with Crippen LogP contribution in [0.25, 0.3) is 16.3 Å². The van der Waals surface area contributed by atoms with E-state index in [1.807, 2.05) is 12.1 Å². The molecule has 0 N–H and O–H groups in total. The minimum atomic E-state index is -4.11. The van der Waals surface area contributed by atoms with Crippen LogP contribution in [0.1, 0.15) is 42.7 Å². The minimum absolute atomic E-state index is 0.175. The van der Waals surface area contributed by atoms with Crippen LogP contribution in [-0.2, 0) is 19.7 Å². The lowest BCUT2D eigenvalue weighted by Crippen LogP contribution is -2.17. The molecule has 0 unspecified atom stereocenters. The van der Waals surface area contributed by atoms with Gasteiger partial charge in [-0.3, -0.25) is 4.79 Å². The number of hydrogen-bond donors (Lipinski definition) is 0. The maximum atomic E-state index is 13.8. The molecule has 0 bridgehead atoms. The van der Waals surface area contributed by atoms with E-state index in [-0.39, 0.29) is 39.6 Å². The second-order valence-corrected chi connectivity index (χ2v) is 12.6. The molecule has 0 aliphatic heterocycles. The van der Waals surface area contributed by atoms with E-state index in [0.717, 1.165) is 5.39 Å². The molecule has 0 amide bonds. The molecule has 0 spiro atoms. The van der Waals surface area contributed by atoms with Crippen LogP contribution in [0.2, 0.25) is 5.02 Å². The fourth-order valence-corrected chi connectivity index (χ4v) is 8.35. The number of fused-ring (bicyclic) bond motifs is 3. The lowest BCUT2D eigenvalue weighted by Gasteiger charge is -2.09. The molecule has 0 saturated carbocycles. The number of halogens is 1. The molecule has 2 aromatic carbocycles. The van der Waals surface area contributed by atoms with Crippen LogP contribution < -0.4 is 0 Å². The molecule has 4 aromatic rings. The summed E-state index contributed by atoms with van der Waals surface area (Å²) in [6.07, 6.45) is 2.14. The van der Waals surface area contributed by atoms with Gasteiger partial charge in [-0.2, -0.15) is 0 Å². The summed E-state index contributed by atoms with van der Waals surface area (Å²) < 4.78 is 55.7. The van der Waals surface area contributed by atoms with Crippen LogP contribution in [0.4, 0.5) is 0 Å². The number of hydrogen-bond acceptors (Lipinski definition) is 5. The molecule has 178 valence electrons. The van der Waals surface area contributed by atoms with E-state index in [1.54, 1.807) is 38.2 Å². The highest BCUT2D eigenvalue weighted by atomic mass is 35.5. The lowest BCUT2D eigenvalue weighted by atomic mass is 10.1. The molecule has 2 aromatic heterocycles. The third-order valence-electron chi connectivity index (χ3n) is 5.63. The number of aromatic nitrogens is 1. The Labute approximate surface area is 204 Å². The van der Waals surface area contributed by atoms with E-state index < -0.39 is 30.4 Å². The van der Waals surface area contributed by atoms with Crippen molar-refractivity contribution < 1.29 is 21.6 Å². The van der Waals surface area contributed by atoms with E-state index in [9.17, 15) is 21.6 Å². The number of sulfone groups is 2. The summed E-state index contributed by atoms with van der Waals surface area (Å²) >= 11 is 5.97. The second-order valence-electron chi connectivity index (χ2n) is 8.10. The molecule has 6 nitrogen and oxygen atoms in total. The van der Waals surface area contributed by atoms with Crippen molar-refractivity contribution in [2.45, 2.75) is 36.5 Å². The molecule has 34 heavy (non-hydrogen) atoms. The highest BCUT2D eigenvalue weighted by molar-refractivity contribution is 7.94. The fraction of sp³-hybridized carbons (Fsp3) is 0.240. The van der Waals surface area contributed by atoms with Gasteiger partial charge in [-0.05, 0) is 48.6 Å². The molecule has 2 heterocycles. The van der Waals surface area contributed by atoms with Crippen LogP contribution in [0.5, 0.6) is 0 Å². The summed E-state index contributed by atoms with van der Waals surface area (Å²) in [6.45, 7) is 3.41. The van der Waals surface area contributed by atoms with Gasteiger partial charge < -0.3 is 4.40 Å². The molecule has 0 fully saturated rings. The van der Waals surface area contributed by atoms with Crippen molar-refractivity contribution >= 4 is 53.3 Å². The number of carbonyl (C=O) groups excluding carboxylic acids is 1. The molecule has 0 radical (unpaired) electrons. The zero-order valence-corrected chi connectivity index (χ0v) is 21.2. The van der Waals surface area contributed by atoms with Gasteiger partial charge >= 0.3 is 0 Å². The average Bonchev–Trinajstić information content (AvgIpc) is 3.17. The van der Waals surface area contributed by atoms with Gasteiger partial charge in [0, 0.05) is 22.2 Å². The Bertz CT molecular complexity index is 1620. The fourth-order valence-electron chi connectivity index (χ4n) is 4.23. The van der Waals surface area contributed by atoms with Gasteiger partial charge in [0.2, 0.25) is 5.78 Å². The summed E-state index contributed by atoms with van der Waals surface area (Å²) in [4.78, 5) is 13.0. The first-order valence-electron chi connectivity index (χ1n) is 10.9. The Morgan fingerprint density at radius 2 is 1.41 bits per heavy atom. The van der Waals surface area contributed by atoms with Gasteiger partial charge in [0.25, 0.3) is 0 Å². The summed E-state index contributed by atoms with van der Waals surface area (Å²) in [5.41, 5.74) is 0.245. The third-order valence-corrected chi connectivity index (χ3v) is 9.94. The largest absolute Gasteiger partial charge is 0.311 e. The van der Waals surface area contributed by atoms with E-state index in [4.69, 9.17) is 11.6 Å². The number of rotatable bonds is 8. The van der Waals surface area contributed by atoms with Crippen molar-refractivity contribution in [3.63, 3.8) is 0 Å². The Morgan fingerprint density at radius 3 is 2.03 bits per heavy atom. The van der Waals surface area contributed by atoms with E-state index in [1.165, 1.54) is 28.7 Å². The average molecular weight is 518 g/mol. The Kier molecular flexibility index (Phi) is 6.59. The second kappa shape index (κ2) is 9.17. The first-order chi connectivity index (χ1) is 16.1. The topological polar surface area (TPSA) is 89.8 Å². The lowest BCUT2D eigenvalue weighted by molar-refractivity contribution is 0.103. The first kappa shape index (κ1) is 24.4. The molecule has 0 atom stereocenters. The Hall–Kier alpha value is -2.68. The predicted octanol–water partition coefficient (Wildman–Crippen LogP) is 5.34. The van der Waals surface area contributed by atoms with Crippen molar-refractivity contribution in [3.8, 4) is 0 Å². The number of pyridine rings is 1. The highest BCUT2D eigenvalue weighted by Crippen LogP contribution is 2.38. The Morgan fingerprint density at radius 1 is 0.824 bits per heavy atom. The summed E-state index contributed by atoms with van der Waals surface area (Å²) in [6, 6.07) is 14.9. The van der Waals surface area contributed by atoms with Crippen LogP contribution in [0.3, 0.4) is 0 Å². The number of nitrogens with zero attached hydrogens (tertiary/aromatic N) is 1. The SMILES string of the molecule is CCCS(=O)(=O)c1c(S(=O)(=O)CCC)c2c3ccccc3ccn2c1C(=O)c1ccc(Cl)cc1. The number of carbonyl (C=O) groups is 1. The summed E-state index contributed by atoms with van der Waals surface area (Å²) in [5.74, 6) is -1.11. The van der Waals surface area contributed by atoms with Gasteiger partial charge in [-0.25, -0.2) is 16.8 Å². The van der Waals surface area contributed by atoms with Crippen molar-refractivity contribution in [2.75, 3.05) is 11.5 Å². The van der Waals surface area contributed by atoms with Crippen LogP contribution in [0, 0.1) is 0 Å². The van der Waals surface area contributed by atoms with Crippen molar-refractivity contribution in [1.82, 2.24) is 4.40 Å². The molecule has 0 aliphatic carbocycles. The van der Waals surface area contributed by atoms with E-state index in [0.29, 0.717) is 16.8 Å². The molecule has 0 aliphatic rings. The smallest absolute Gasteiger partial charge is 0.211 e. The zero-order chi connectivity index (χ0) is 24.7. The quantitative estimate of drug-likeness (QED) is 0.294. The summed E-state index contributed by atoms with van der Waals surface area (Å²) in [7, 11) is -8.15. The van der Waals surface area contributed by atoms with E-state index in [2.05, 4.69) is 0 Å². The number of ketones is 1. The monoisotopic (exact) mass is 517 g/mol. The molecule has 4 rings (SSSR count). The first-order valence-corrected chi connectivity index (χ1v) is 14.6. The van der Waals surface area contributed by atoms with Crippen LogP contribution >= 0.6 is 11.6 Å². The third kappa shape index (κ3) is 4.15. The van der Waals surface area contributed by atoms with Gasteiger partial charge in [0.05, 0.1) is 17.0 Å². The van der Waals surface area contributed by atoms with Gasteiger partial charge in [-0.1, -0.05) is 49.7 Å². The molecular weight excluding hydrogens is 494 g/mol. The zero-order valence-electron chi connectivity index (χ0n) is 18.8. The molecular formula is C25H24ClNO5S2. The number of benzene rings is 2. The maximum absolute atomic E-state index is 13.8. The van der Waals surface area contributed by atoms with Crippen LogP contribution in [0.15, 0.2) is 70.6 Å². The normalized spacial score (nSPS) is 12.4. The Balaban J connectivity index is 2.26. The minimum Gasteiger partial charge on any atom is -0.311 e. The molecule has 9 heteroatoms. The van der Waals surface area contributed by atoms with Crippen molar-refractivity contribution in [3.05, 3.63) is 77.1 Å². The summed E-state index contributed by atoms with van der Waals surface area (Å²) in [5, 5.41) is 1.72. The van der Waals surface area contributed by atoms with Gasteiger partial charge in [0.1, 0.15) is 15.5 Å². The van der Waals surface area contributed by atoms with Gasteiger partial charge in [0.15, 0.2) is 19.7 Å². The maximum Gasteiger partial charge on any atom is 0.211 e. The highest BCUT2D eigenvalue weighted by Gasteiger charge is 2.37. The predicted molar refractivity (Wildman–Crippen MR) is 134 cm³/mol. The van der Waals surface area contributed by atoms with Crippen LogP contribution in [-0.4, -0.2) is 38.5 Å².